The van der Waals surface area contributed by atoms with Gasteiger partial charge in [-0.2, -0.15) is 0 Å². The van der Waals surface area contributed by atoms with Crippen molar-refractivity contribution < 1.29 is 44.8 Å². The first-order valence-electron chi connectivity index (χ1n) is 2.51. The molecule has 0 bridgehead atoms. The Morgan fingerprint density at radius 2 is 1.55 bits per heavy atom. The third-order valence-electron chi connectivity index (χ3n) is 0.977. The molecule has 0 amide bonds. The topological polar surface area (TPSA) is 112 Å². The predicted octanol–water partition coefficient (Wildman–Crippen LogP) is -3.31. The van der Waals surface area contributed by atoms with Crippen LogP contribution >= 0.6 is 0 Å². The first kappa shape index (κ1) is 16.9. The van der Waals surface area contributed by atoms with E-state index in [1.165, 1.54) is 6.92 Å². The molecule has 0 aliphatic rings. The van der Waals surface area contributed by atoms with Crippen molar-refractivity contribution in [3.8, 4) is 0 Å². The van der Waals surface area contributed by atoms with Gasteiger partial charge >= 0.3 is 19.5 Å². The summed E-state index contributed by atoms with van der Waals surface area (Å²) in [7, 11) is 0. The van der Waals surface area contributed by atoms with Crippen LogP contribution in [-0.4, -0.2) is 17.4 Å². The fraction of sp³-hybridized carbons (Fsp3) is 0.600. The van der Waals surface area contributed by atoms with E-state index >= 15 is 0 Å². The molecule has 0 spiro atoms. The van der Waals surface area contributed by atoms with Crippen LogP contribution in [0, 0.1) is 5.92 Å². The van der Waals surface area contributed by atoms with Gasteiger partial charge in [-0.3, -0.25) is 0 Å². The minimum absolute atomic E-state index is 0. The minimum Gasteiger partial charge on any atom is -0.549 e. The molecule has 0 unspecified atom stereocenters. The average Bonchev–Trinajstić information content (AvgIpc) is 1.64. The van der Waals surface area contributed by atoms with E-state index in [2.05, 4.69) is 0 Å². The number of hydrogen-bond acceptors (Lipinski definition) is 4. The van der Waals surface area contributed by atoms with Crippen molar-refractivity contribution in [1.29, 1.82) is 0 Å². The number of hydrogen-bond donors (Lipinski definition) is 0. The summed E-state index contributed by atoms with van der Waals surface area (Å²) in [6.45, 7) is 1.44. The van der Waals surface area contributed by atoms with Crippen LogP contribution in [0.3, 0.4) is 0 Å². The van der Waals surface area contributed by atoms with Crippen LogP contribution in [0.4, 0.5) is 0 Å². The first-order valence-corrected chi connectivity index (χ1v) is 2.51. The van der Waals surface area contributed by atoms with Gasteiger partial charge < -0.3 is 25.3 Å². The van der Waals surface area contributed by atoms with Gasteiger partial charge in [0.2, 0.25) is 0 Å². The molecular weight excluding hydrogens is 205 g/mol. The van der Waals surface area contributed by atoms with E-state index in [0.29, 0.717) is 0 Å². The maximum atomic E-state index is 9.84. The fourth-order valence-electron chi connectivity index (χ4n) is 0.430. The SMILES string of the molecule is CCC(C(=O)[O-])C(=O)[O-].O.[Zn+2]. The summed E-state index contributed by atoms with van der Waals surface area (Å²) in [5.41, 5.74) is 0. The summed E-state index contributed by atoms with van der Waals surface area (Å²) in [5, 5.41) is 19.7. The third kappa shape index (κ3) is 5.94. The predicted molar refractivity (Wildman–Crippen MR) is 27.4 cm³/mol. The third-order valence-corrected chi connectivity index (χ3v) is 0.977. The van der Waals surface area contributed by atoms with Gasteiger partial charge in [-0.15, -0.1) is 0 Å². The van der Waals surface area contributed by atoms with E-state index < -0.39 is 17.9 Å². The van der Waals surface area contributed by atoms with Gasteiger partial charge in [-0.05, 0) is 6.42 Å². The van der Waals surface area contributed by atoms with Gasteiger partial charge in [0.25, 0.3) is 0 Å². The molecule has 0 aromatic rings. The zero-order valence-corrected chi connectivity index (χ0v) is 9.09. The van der Waals surface area contributed by atoms with Crippen LogP contribution in [0.5, 0.6) is 0 Å². The molecule has 0 saturated heterocycles. The minimum atomic E-state index is -1.59. The molecule has 0 fully saturated rings. The Hall–Kier alpha value is -0.477. The van der Waals surface area contributed by atoms with Crippen LogP contribution in [0.1, 0.15) is 13.3 Å². The van der Waals surface area contributed by atoms with Crippen molar-refractivity contribution in [2.75, 3.05) is 0 Å². The smallest absolute Gasteiger partial charge is 0.549 e. The Labute approximate surface area is 76.5 Å². The summed E-state index contributed by atoms with van der Waals surface area (Å²) in [6, 6.07) is 0. The standard InChI is InChI=1S/C5H8O4.H2O.Zn/c1-2-3(4(6)7)5(8)9;;/h3H,2H2,1H3,(H,6,7)(H,8,9);1H2;/q;;+2/p-2. The zero-order chi connectivity index (χ0) is 7.44. The van der Waals surface area contributed by atoms with Crippen molar-refractivity contribution in [2.45, 2.75) is 13.3 Å². The monoisotopic (exact) mass is 212 g/mol. The molecule has 0 aromatic heterocycles. The van der Waals surface area contributed by atoms with Crippen LogP contribution in [0.2, 0.25) is 0 Å². The molecule has 5 nitrogen and oxygen atoms in total. The average molecular weight is 214 g/mol. The Bertz CT molecular complexity index is 121. The van der Waals surface area contributed by atoms with Crippen molar-refractivity contribution in [3.05, 3.63) is 0 Å². The van der Waals surface area contributed by atoms with Crippen LogP contribution in [0.15, 0.2) is 0 Å². The van der Waals surface area contributed by atoms with Crippen LogP contribution in [0.25, 0.3) is 0 Å². The van der Waals surface area contributed by atoms with Gasteiger partial charge in [0, 0.05) is 5.92 Å². The van der Waals surface area contributed by atoms with Crippen molar-refractivity contribution in [2.24, 2.45) is 5.92 Å². The van der Waals surface area contributed by atoms with E-state index in [4.69, 9.17) is 0 Å². The molecule has 11 heavy (non-hydrogen) atoms. The number of carbonyl (C=O) groups is 2. The largest absolute Gasteiger partial charge is 2.00 e. The van der Waals surface area contributed by atoms with E-state index in [0.717, 1.165) is 0 Å². The van der Waals surface area contributed by atoms with E-state index in [9.17, 15) is 19.8 Å². The molecule has 0 aliphatic carbocycles. The van der Waals surface area contributed by atoms with Crippen molar-refractivity contribution in [1.82, 2.24) is 0 Å². The molecule has 0 aliphatic heterocycles. The molecule has 6 heteroatoms. The summed E-state index contributed by atoms with van der Waals surface area (Å²) in [5.74, 6) is -4.64. The number of carboxylic acid groups (broad SMARTS) is 2. The summed E-state index contributed by atoms with van der Waals surface area (Å²) < 4.78 is 0. The zero-order valence-electron chi connectivity index (χ0n) is 6.12. The Morgan fingerprint density at radius 3 is 1.55 bits per heavy atom. The molecule has 2 N–H and O–H groups in total. The number of aliphatic carboxylic acids is 2. The Balaban J connectivity index is -0.000000320. The summed E-state index contributed by atoms with van der Waals surface area (Å²) in [4.78, 5) is 19.7. The van der Waals surface area contributed by atoms with Gasteiger partial charge in [-0.1, -0.05) is 6.92 Å². The quantitative estimate of drug-likeness (QED) is 0.361. The fourth-order valence-corrected chi connectivity index (χ4v) is 0.430. The van der Waals surface area contributed by atoms with Gasteiger partial charge in [0.1, 0.15) is 0 Å². The second-order valence-corrected chi connectivity index (χ2v) is 1.60. The van der Waals surface area contributed by atoms with Crippen LogP contribution < -0.4 is 10.2 Å². The second-order valence-electron chi connectivity index (χ2n) is 1.60. The molecule has 0 aromatic carbocycles. The first-order chi connectivity index (χ1) is 4.09. The molecule has 0 heterocycles. The molecule has 0 saturated carbocycles. The summed E-state index contributed by atoms with van der Waals surface area (Å²) in [6.07, 6.45) is 0.00463. The molecule has 0 atom stereocenters. The maximum absolute atomic E-state index is 9.84. The Kier molecular flexibility index (Phi) is 11.7. The molecule has 0 rings (SSSR count). The second kappa shape index (κ2) is 7.63. The number of rotatable bonds is 3. The van der Waals surface area contributed by atoms with Crippen molar-refractivity contribution >= 4 is 11.9 Å². The number of carboxylic acids is 2. The van der Waals surface area contributed by atoms with Gasteiger partial charge in [0.15, 0.2) is 0 Å². The molecular formula is C5H8O5Zn. The van der Waals surface area contributed by atoms with Crippen molar-refractivity contribution in [3.63, 3.8) is 0 Å². The van der Waals surface area contributed by atoms with E-state index in [-0.39, 0.29) is 31.4 Å². The van der Waals surface area contributed by atoms with E-state index in [1.54, 1.807) is 0 Å². The van der Waals surface area contributed by atoms with Gasteiger partial charge in [0.05, 0.1) is 11.9 Å². The summed E-state index contributed by atoms with van der Waals surface area (Å²) >= 11 is 0. The van der Waals surface area contributed by atoms with E-state index in [1.807, 2.05) is 0 Å². The number of carbonyl (C=O) groups excluding carboxylic acids is 2. The maximum Gasteiger partial charge on any atom is 2.00 e. The molecule has 0 radical (unpaired) electrons. The van der Waals surface area contributed by atoms with Gasteiger partial charge in [-0.25, -0.2) is 0 Å². The Morgan fingerprint density at radius 1 is 1.27 bits per heavy atom. The molecule has 60 valence electrons. The normalized spacial score (nSPS) is 7.82. The van der Waals surface area contributed by atoms with Crippen LogP contribution in [-0.2, 0) is 29.1 Å².